The first-order valence-corrected chi connectivity index (χ1v) is 7.96. The second-order valence-electron chi connectivity index (χ2n) is 5.81. The van der Waals surface area contributed by atoms with Gasteiger partial charge in [0.2, 0.25) is 5.91 Å². The van der Waals surface area contributed by atoms with E-state index in [1.165, 1.54) is 5.69 Å². The van der Waals surface area contributed by atoms with E-state index in [2.05, 4.69) is 43.0 Å². The van der Waals surface area contributed by atoms with Crippen LogP contribution in [0.15, 0.2) is 30.3 Å². The predicted molar refractivity (Wildman–Crippen MR) is 102 cm³/mol. The Bertz CT molecular complexity index is 450. The van der Waals surface area contributed by atoms with Gasteiger partial charge in [0.25, 0.3) is 0 Å². The summed E-state index contributed by atoms with van der Waals surface area (Å²) in [5.41, 5.74) is 6.77. The van der Waals surface area contributed by atoms with Crippen LogP contribution in [0, 0.1) is 5.41 Å². The molecule has 132 valence electrons. The Hall–Kier alpha value is -0.970. The smallest absolute Gasteiger partial charge is 0.230 e. The number of hydrogen-bond donors (Lipinski definition) is 1. The van der Waals surface area contributed by atoms with Gasteiger partial charge < -0.3 is 15.5 Å². The fourth-order valence-electron chi connectivity index (χ4n) is 3.07. The number of carbonyl (C=O) groups is 1. The molecular weight excluding hydrogens is 333 g/mol. The van der Waals surface area contributed by atoms with Gasteiger partial charge in [-0.15, -0.1) is 24.8 Å². The molecule has 6 heteroatoms. The first kappa shape index (κ1) is 22.0. The molecule has 1 amide bonds. The van der Waals surface area contributed by atoms with E-state index in [0.29, 0.717) is 6.54 Å². The molecule has 1 aliphatic heterocycles. The maximum atomic E-state index is 12.8. The van der Waals surface area contributed by atoms with Gasteiger partial charge in [0.15, 0.2) is 0 Å². The summed E-state index contributed by atoms with van der Waals surface area (Å²) in [6, 6.07) is 10.4. The molecule has 0 saturated carbocycles. The molecule has 0 aromatic heterocycles. The highest BCUT2D eigenvalue weighted by atomic mass is 35.5. The number of halogens is 2. The molecule has 1 aromatic carbocycles. The summed E-state index contributed by atoms with van der Waals surface area (Å²) in [6.07, 6.45) is 1.63. The van der Waals surface area contributed by atoms with E-state index in [4.69, 9.17) is 5.73 Å². The van der Waals surface area contributed by atoms with Gasteiger partial charge in [0, 0.05) is 38.4 Å². The van der Waals surface area contributed by atoms with Crippen molar-refractivity contribution in [2.45, 2.75) is 26.7 Å². The molecule has 2 rings (SSSR count). The van der Waals surface area contributed by atoms with E-state index in [1.54, 1.807) is 0 Å². The number of amides is 1. The lowest BCUT2D eigenvalue weighted by molar-refractivity contribution is -0.142. The van der Waals surface area contributed by atoms with Crippen molar-refractivity contribution < 1.29 is 4.79 Å². The van der Waals surface area contributed by atoms with Gasteiger partial charge in [-0.05, 0) is 25.0 Å². The lowest BCUT2D eigenvalue weighted by Crippen LogP contribution is -2.54. The molecule has 0 aliphatic carbocycles. The van der Waals surface area contributed by atoms with Crippen LogP contribution in [0.25, 0.3) is 0 Å². The Kier molecular flexibility index (Phi) is 9.59. The monoisotopic (exact) mass is 361 g/mol. The summed E-state index contributed by atoms with van der Waals surface area (Å²) in [5, 5.41) is 0. The number of para-hydroxylation sites is 1. The van der Waals surface area contributed by atoms with E-state index < -0.39 is 0 Å². The van der Waals surface area contributed by atoms with Crippen LogP contribution in [-0.2, 0) is 4.79 Å². The highest BCUT2D eigenvalue weighted by Crippen LogP contribution is 2.28. The van der Waals surface area contributed by atoms with Crippen LogP contribution in [0.2, 0.25) is 0 Å². The van der Waals surface area contributed by atoms with Crippen molar-refractivity contribution in [3.63, 3.8) is 0 Å². The van der Waals surface area contributed by atoms with Crippen LogP contribution in [-0.4, -0.2) is 43.5 Å². The molecule has 4 nitrogen and oxygen atoms in total. The maximum Gasteiger partial charge on any atom is 0.230 e. The zero-order valence-electron chi connectivity index (χ0n) is 14.0. The topological polar surface area (TPSA) is 49.6 Å². The molecule has 1 saturated heterocycles. The molecule has 0 bridgehead atoms. The van der Waals surface area contributed by atoms with E-state index in [9.17, 15) is 4.79 Å². The third kappa shape index (κ3) is 4.75. The van der Waals surface area contributed by atoms with Crippen molar-refractivity contribution in [1.29, 1.82) is 0 Å². The molecule has 0 atom stereocenters. The second-order valence-corrected chi connectivity index (χ2v) is 5.81. The highest BCUT2D eigenvalue weighted by Gasteiger charge is 2.37. The van der Waals surface area contributed by atoms with Crippen molar-refractivity contribution in [2.75, 3.05) is 37.6 Å². The molecular formula is C17H29Cl2N3O. The lowest BCUT2D eigenvalue weighted by Gasteiger charge is -2.41. The SMILES string of the molecule is CCC(CC)(CN)C(=O)N1CCN(c2ccccc2)CC1.Cl.Cl. The summed E-state index contributed by atoms with van der Waals surface area (Å²) in [4.78, 5) is 17.1. The molecule has 1 aromatic rings. The summed E-state index contributed by atoms with van der Waals surface area (Å²) in [6.45, 7) is 7.93. The minimum atomic E-state index is -0.366. The van der Waals surface area contributed by atoms with E-state index in [1.807, 2.05) is 11.0 Å². The highest BCUT2D eigenvalue weighted by molar-refractivity contribution is 5.85. The van der Waals surface area contributed by atoms with Crippen LogP contribution in [0.5, 0.6) is 0 Å². The summed E-state index contributed by atoms with van der Waals surface area (Å²) in [7, 11) is 0. The Morgan fingerprint density at radius 3 is 2.00 bits per heavy atom. The standard InChI is InChI=1S/C17H27N3O.2ClH/c1-3-17(4-2,14-18)16(21)20-12-10-19(11-13-20)15-8-6-5-7-9-15;;/h5-9H,3-4,10-14,18H2,1-2H3;2*1H. The minimum Gasteiger partial charge on any atom is -0.368 e. The van der Waals surface area contributed by atoms with E-state index >= 15 is 0 Å². The Morgan fingerprint density at radius 2 is 1.57 bits per heavy atom. The van der Waals surface area contributed by atoms with Crippen molar-refractivity contribution in [3.8, 4) is 0 Å². The first-order valence-electron chi connectivity index (χ1n) is 7.96. The number of piperazine rings is 1. The van der Waals surface area contributed by atoms with Crippen LogP contribution in [0.4, 0.5) is 5.69 Å². The Morgan fingerprint density at radius 1 is 1.04 bits per heavy atom. The van der Waals surface area contributed by atoms with Crippen LogP contribution < -0.4 is 10.6 Å². The molecule has 1 heterocycles. The third-order valence-electron chi connectivity index (χ3n) is 4.89. The summed E-state index contributed by atoms with van der Waals surface area (Å²) < 4.78 is 0. The lowest BCUT2D eigenvalue weighted by atomic mass is 9.81. The number of nitrogens with two attached hydrogens (primary N) is 1. The average molecular weight is 362 g/mol. The average Bonchev–Trinajstić information content (AvgIpc) is 2.58. The zero-order chi connectivity index (χ0) is 15.3. The number of carbonyl (C=O) groups excluding carboxylic acids is 1. The third-order valence-corrected chi connectivity index (χ3v) is 4.89. The Balaban J connectivity index is 0.00000242. The maximum absolute atomic E-state index is 12.8. The van der Waals surface area contributed by atoms with Gasteiger partial charge in [-0.3, -0.25) is 4.79 Å². The van der Waals surface area contributed by atoms with Gasteiger partial charge in [0.05, 0.1) is 5.41 Å². The number of hydrogen-bond acceptors (Lipinski definition) is 3. The van der Waals surface area contributed by atoms with Crippen LogP contribution >= 0.6 is 24.8 Å². The fraction of sp³-hybridized carbons (Fsp3) is 0.588. The minimum absolute atomic E-state index is 0. The zero-order valence-corrected chi connectivity index (χ0v) is 15.7. The van der Waals surface area contributed by atoms with Crippen LogP contribution in [0.1, 0.15) is 26.7 Å². The van der Waals surface area contributed by atoms with Crippen molar-refractivity contribution in [3.05, 3.63) is 30.3 Å². The van der Waals surface area contributed by atoms with Gasteiger partial charge in [-0.2, -0.15) is 0 Å². The number of benzene rings is 1. The summed E-state index contributed by atoms with van der Waals surface area (Å²) in [5.74, 6) is 0.239. The first-order chi connectivity index (χ1) is 10.2. The van der Waals surface area contributed by atoms with E-state index in [-0.39, 0.29) is 36.1 Å². The molecule has 1 fully saturated rings. The fourth-order valence-corrected chi connectivity index (χ4v) is 3.07. The van der Waals surface area contributed by atoms with E-state index in [0.717, 1.165) is 39.0 Å². The molecule has 2 N–H and O–H groups in total. The van der Waals surface area contributed by atoms with Gasteiger partial charge >= 0.3 is 0 Å². The molecule has 0 unspecified atom stereocenters. The molecule has 0 spiro atoms. The quantitative estimate of drug-likeness (QED) is 0.876. The van der Waals surface area contributed by atoms with Crippen molar-refractivity contribution in [2.24, 2.45) is 11.1 Å². The van der Waals surface area contributed by atoms with Crippen molar-refractivity contribution in [1.82, 2.24) is 4.90 Å². The second kappa shape index (κ2) is 10.0. The Labute approximate surface area is 152 Å². The number of nitrogens with zero attached hydrogens (tertiary/aromatic N) is 2. The van der Waals surface area contributed by atoms with Crippen LogP contribution in [0.3, 0.4) is 0 Å². The predicted octanol–water partition coefficient (Wildman–Crippen LogP) is 2.94. The van der Waals surface area contributed by atoms with Gasteiger partial charge in [-0.25, -0.2) is 0 Å². The number of anilines is 1. The summed E-state index contributed by atoms with van der Waals surface area (Å²) >= 11 is 0. The molecule has 0 radical (unpaired) electrons. The largest absolute Gasteiger partial charge is 0.368 e. The van der Waals surface area contributed by atoms with Gasteiger partial charge in [-0.1, -0.05) is 32.0 Å². The van der Waals surface area contributed by atoms with Gasteiger partial charge in [0.1, 0.15) is 0 Å². The molecule has 1 aliphatic rings. The molecule has 23 heavy (non-hydrogen) atoms. The van der Waals surface area contributed by atoms with Crippen molar-refractivity contribution >= 4 is 36.4 Å². The number of rotatable bonds is 5. The normalized spacial score (nSPS) is 14.7.